The zero-order chi connectivity index (χ0) is 19.0. The first kappa shape index (κ1) is 17.7. The van der Waals surface area contributed by atoms with Crippen molar-refractivity contribution in [2.45, 2.75) is 5.92 Å². The molecule has 0 saturated heterocycles. The van der Waals surface area contributed by atoms with Gasteiger partial charge in [-0.3, -0.25) is 29.8 Å². The van der Waals surface area contributed by atoms with Crippen molar-refractivity contribution in [1.29, 1.82) is 0 Å². The Morgan fingerprint density at radius 1 is 0.962 bits per heavy atom. The van der Waals surface area contributed by atoms with Gasteiger partial charge in [0.15, 0.2) is 11.6 Å². The van der Waals surface area contributed by atoms with Crippen molar-refractivity contribution in [3.05, 3.63) is 84.4 Å². The van der Waals surface area contributed by atoms with Gasteiger partial charge in [-0.15, -0.1) is 0 Å². The number of carbonyl (C=O) groups excluding carboxylic acids is 2. The summed E-state index contributed by atoms with van der Waals surface area (Å²) in [7, 11) is 0. The second-order valence-electron chi connectivity index (χ2n) is 5.87. The Kier molecular flexibility index (Phi) is 4.52. The van der Waals surface area contributed by atoms with E-state index in [1.165, 1.54) is 30.3 Å². The van der Waals surface area contributed by atoms with Crippen molar-refractivity contribution >= 4 is 28.9 Å². The van der Waals surface area contributed by atoms with Crippen LogP contribution in [0.2, 0.25) is 5.02 Å². The molecule has 3 rings (SSSR count). The minimum atomic E-state index is -1.29. The smallest absolute Gasteiger partial charge is 0.270 e. The third-order valence-electron chi connectivity index (χ3n) is 4.36. The van der Waals surface area contributed by atoms with Crippen molar-refractivity contribution in [2.75, 3.05) is 6.54 Å². The zero-order valence-corrected chi connectivity index (χ0v) is 13.9. The highest BCUT2D eigenvalue weighted by Crippen LogP contribution is 2.38. The Morgan fingerprint density at radius 2 is 1.58 bits per heavy atom. The normalized spacial score (nSPS) is 17.0. The number of non-ortho nitro benzene ring substituents is 1. The Morgan fingerprint density at radius 3 is 2.15 bits per heavy atom. The van der Waals surface area contributed by atoms with E-state index in [2.05, 4.69) is 0 Å². The van der Waals surface area contributed by atoms with Crippen molar-refractivity contribution < 1.29 is 19.4 Å². The molecule has 0 heterocycles. The first-order chi connectivity index (χ1) is 12.3. The van der Waals surface area contributed by atoms with Gasteiger partial charge in [0.1, 0.15) is 0 Å². The molecule has 1 aliphatic rings. The number of nitro benzene ring substituents is 1. The lowest BCUT2D eigenvalue weighted by molar-refractivity contribution is -0.484. The third-order valence-corrected chi connectivity index (χ3v) is 4.61. The number of ketones is 2. The molecule has 0 aromatic heterocycles. The van der Waals surface area contributed by atoms with Crippen LogP contribution in [0.5, 0.6) is 0 Å². The maximum atomic E-state index is 12.8. The van der Waals surface area contributed by atoms with E-state index in [-0.39, 0.29) is 16.8 Å². The molecule has 0 fully saturated rings. The summed E-state index contributed by atoms with van der Waals surface area (Å²) in [6.07, 6.45) is 0. The fourth-order valence-corrected chi connectivity index (χ4v) is 3.28. The van der Waals surface area contributed by atoms with Gasteiger partial charge in [0.25, 0.3) is 5.69 Å². The number of nitrogens with zero attached hydrogens (tertiary/aromatic N) is 2. The summed E-state index contributed by atoms with van der Waals surface area (Å²) in [5, 5.41) is 22.4. The first-order valence-corrected chi connectivity index (χ1v) is 7.91. The molecule has 9 heteroatoms. The highest BCUT2D eigenvalue weighted by molar-refractivity contribution is 6.30. The predicted octanol–water partition coefficient (Wildman–Crippen LogP) is 3.30. The maximum Gasteiger partial charge on any atom is 0.270 e. The molecule has 0 spiro atoms. The molecule has 0 aliphatic heterocycles. The van der Waals surface area contributed by atoms with E-state index in [0.29, 0.717) is 10.6 Å². The molecule has 132 valence electrons. The molecule has 0 bridgehead atoms. The number of carbonyl (C=O) groups is 2. The Hall–Kier alpha value is -3.13. The van der Waals surface area contributed by atoms with E-state index >= 15 is 0 Å². The van der Waals surface area contributed by atoms with Crippen molar-refractivity contribution in [2.24, 2.45) is 5.92 Å². The number of rotatable bonds is 5. The number of benzene rings is 2. The maximum absolute atomic E-state index is 12.8. The van der Waals surface area contributed by atoms with E-state index in [0.717, 1.165) is 12.1 Å². The molecule has 26 heavy (non-hydrogen) atoms. The van der Waals surface area contributed by atoms with E-state index in [1.807, 2.05) is 0 Å². The van der Waals surface area contributed by atoms with Crippen LogP contribution in [-0.4, -0.2) is 28.0 Å². The van der Waals surface area contributed by atoms with Crippen LogP contribution in [0.15, 0.2) is 42.5 Å². The molecule has 2 aromatic carbocycles. The Labute approximate surface area is 151 Å². The Balaban J connectivity index is 2.06. The van der Waals surface area contributed by atoms with E-state index < -0.39 is 39.8 Å². The summed E-state index contributed by atoms with van der Waals surface area (Å²) in [5.41, 5.74) is 0.0902. The molecular weight excluding hydrogens is 364 g/mol. The molecule has 2 aromatic rings. The molecular formula is C17H11ClN2O6. The second-order valence-corrected chi connectivity index (χ2v) is 6.30. The largest absolute Gasteiger partial charge is 0.293 e. The van der Waals surface area contributed by atoms with Crippen LogP contribution < -0.4 is 0 Å². The number of nitro groups is 2. The molecule has 0 saturated carbocycles. The van der Waals surface area contributed by atoms with Gasteiger partial charge < -0.3 is 0 Å². The quantitative estimate of drug-likeness (QED) is 0.449. The van der Waals surface area contributed by atoms with E-state index in [9.17, 15) is 29.8 Å². The fourth-order valence-electron chi connectivity index (χ4n) is 3.16. The fraction of sp³-hybridized carbons (Fsp3) is 0.176. The van der Waals surface area contributed by atoms with Gasteiger partial charge in [0.2, 0.25) is 6.54 Å². The summed E-state index contributed by atoms with van der Waals surface area (Å²) in [6, 6.07) is 9.50. The molecule has 2 unspecified atom stereocenters. The lowest BCUT2D eigenvalue weighted by Crippen LogP contribution is -2.29. The topological polar surface area (TPSA) is 120 Å². The minimum absolute atomic E-state index is 0.0490. The molecule has 2 atom stereocenters. The van der Waals surface area contributed by atoms with Crippen LogP contribution in [0, 0.1) is 26.1 Å². The van der Waals surface area contributed by atoms with Crippen molar-refractivity contribution in [3.63, 3.8) is 0 Å². The number of halogens is 1. The minimum Gasteiger partial charge on any atom is -0.293 e. The zero-order valence-electron chi connectivity index (χ0n) is 13.1. The number of Topliss-reactive ketones (excluding diaryl/α,β-unsaturated/α-hetero) is 2. The second kappa shape index (κ2) is 6.64. The summed E-state index contributed by atoms with van der Waals surface area (Å²) < 4.78 is 0. The van der Waals surface area contributed by atoms with Crippen LogP contribution in [0.25, 0.3) is 0 Å². The first-order valence-electron chi connectivity index (χ1n) is 7.53. The van der Waals surface area contributed by atoms with Crippen LogP contribution >= 0.6 is 11.6 Å². The van der Waals surface area contributed by atoms with E-state index in [4.69, 9.17) is 11.6 Å². The molecule has 8 nitrogen and oxygen atoms in total. The van der Waals surface area contributed by atoms with E-state index in [1.54, 1.807) is 0 Å². The third kappa shape index (κ3) is 3.06. The number of hydrogen-bond donors (Lipinski definition) is 0. The molecule has 0 radical (unpaired) electrons. The van der Waals surface area contributed by atoms with Gasteiger partial charge in [0.05, 0.1) is 16.8 Å². The van der Waals surface area contributed by atoms with Gasteiger partial charge in [-0.1, -0.05) is 23.7 Å². The van der Waals surface area contributed by atoms with Crippen LogP contribution in [0.3, 0.4) is 0 Å². The summed E-state index contributed by atoms with van der Waals surface area (Å²) in [4.78, 5) is 46.2. The van der Waals surface area contributed by atoms with Gasteiger partial charge >= 0.3 is 0 Å². The summed E-state index contributed by atoms with van der Waals surface area (Å²) >= 11 is 5.83. The number of hydrogen-bond acceptors (Lipinski definition) is 6. The SMILES string of the molecule is O=C1c2ccc([N+](=O)[O-])cc2C(=O)C1C(C[N+](=O)[O-])c1ccc(Cl)cc1. The van der Waals surface area contributed by atoms with Gasteiger partial charge in [0, 0.05) is 33.2 Å². The van der Waals surface area contributed by atoms with Crippen molar-refractivity contribution in [3.8, 4) is 0 Å². The summed E-state index contributed by atoms with van der Waals surface area (Å²) in [5.74, 6) is -3.50. The number of fused-ring (bicyclic) bond motifs is 1. The molecule has 1 aliphatic carbocycles. The monoisotopic (exact) mass is 374 g/mol. The predicted molar refractivity (Wildman–Crippen MR) is 91.3 cm³/mol. The van der Waals surface area contributed by atoms with Crippen LogP contribution in [0.4, 0.5) is 5.69 Å². The average molecular weight is 375 g/mol. The highest BCUT2D eigenvalue weighted by Gasteiger charge is 2.46. The van der Waals surface area contributed by atoms with Crippen LogP contribution in [-0.2, 0) is 0 Å². The summed E-state index contributed by atoms with van der Waals surface area (Å²) in [6.45, 7) is -0.625. The molecule has 0 amide bonds. The van der Waals surface area contributed by atoms with Gasteiger partial charge in [-0.2, -0.15) is 0 Å². The van der Waals surface area contributed by atoms with Gasteiger partial charge in [-0.25, -0.2) is 0 Å². The average Bonchev–Trinajstić information content (AvgIpc) is 2.84. The van der Waals surface area contributed by atoms with Gasteiger partial charge in [-0.05, 0) is 23.8 Å². The highest BCUT2D eigenvalue weighted by atomic mass is 35.5. The standard InChI is InChI=1S/C17H11ClN2O6/c18-10-3-1-9(2-4-10)14(8-19(23)24)15-16(21)12-6-5-11(20(25)26)7-13(12)17(15)22/h1-7,14-15H,8H2. The van der Waals surface area contributed by atoms with Crippen LogP contribution in [0.1, 0.15) is 32.2 Å². The lowest BCUT2D eigenvalue weighted by atomic mass is 9.83. The lowest BCUT2D eigenvalue weighted by Gasteiger charge is -2.18. The Bertz CT molecular complexity index is 941. The molecule has 0 N–H and O–H groups in total. The van der Waals surface area contributed by atoms with Crippen molar-refractivity contribution in [1.82, 2.24) is 0 Å².